The number of aromatic nitrogens is 2. The molecule has 1 aliphatic heterocycles. The summed E-state index contributed by atoms with van der Waals surface area (Å²) in [4.78, 5) is 36.8. The molecule has 2 aliphatic rings. The molecule has 1 saturated carbocycles. The number of para-hydroxylation sites is 2. The summed E-state index contributed by atoms with van der Waals surface area (Å²) >= 11 is 6.23. The van der Waals surface area contributed by atoms with E-state index >= 15 is 0 Å². The van der Waals surface area contributed by atoms with Crippen molar-refractivity contribution in [2.24, 2.45) is 0 Å². The zero-order valence-electron chi connectivity index (χ0n) is 20.5. The van der Waals surface area contributed by atoms with Crippen LogP contribution in [-0.4, -0.2) is 46.4 Å². The number of halogens is 1. The first-order valence-corrected chi connectivity index (χ1v) is 13.0. The number of carbonyl (C=O) groups is 2. The maximum atomic E-state index is 13.3. The van der Waals surface area contributed by atoms with Crippen molar-refractivity contribution in [1.29, 1.82) is 0 Å². The molecule has 0 unspecified atom stereocenters. The Morgan fingerprint density at radius 2 is 1.73 bits per heavy atom. The average Bonchev–Trinajstić information content (AvgIpc) is 3.75. The normalized spacial score (nSPS) is 17.0. The number of carbonyl (C=O) groups excluding carboxylic acids is 2. The van der Waals surface area contributed by atoms with Crippen LogP contribution in [0.25, 0.3) is 0 Å². The molecule has 9 heteroatoms. The van der Waals surface area contributed by atoms with Gasteiger partial charge in [0, 0.05) is 29.9 Å². The Kier molecular flexibility index (Phi) is 7.84. The van der Waals surface area contributed by atoms with E-state index in [0.29, 0.717) is 52.6 Å². The molecule has 5 rings (SSSR count). The predicted molar refractivity (Wildman–Crippen MR) is 140 cm³/mol. The van der Waals surface area contributed by atoms with Crippen LogP contribution in [0, 0.1) is 0 Å². The van der Waals surface area contributed by atoms with Crippen molar-refractivity contribution in [2.45, 2.75) is 44.4 Å². The lowest BCUT2D eigenvalue weighted by atomic mass is 10.1. The fourth-order valence-corrected chi connectivity index (χ4v) is 4.37. The lowest BCUT2D eigenvalue weighted by Gasteiger charge is -2.23. The number of anilines is 1. The van der Waals surface area contributed by atoms with Gasteiger partial charge in [-0.1, -0.05) is 36.6 Å². The Labute approximate surface area is 221 Å². The number of hydrogen-bond donors (Lipinski definition) is 1. The Balaban J connectivity index is 1.38. The third-order valence-electron chi connectivity index (χ3n) is 6.35. The summed E-state index contributed by atoms with van der Waals surface area (Å²) in [5.74, 6) is 2.16. The van der Waals surface area contributed by atoms with Crippen molar-refractivity contribution in [3.05, 3.63) is 71.3 Å². The van der Waals surface area contributed by atoms with E-state index in [1.807, 2.05) is 24.3 Å². The molecule has 0 bridgehead atoms. The minimum absolute atomic E-state index is 0.116. The Morgan fingerprint density at radius 3 is 2.51 bits per heavy atom. The van der Waals surface area contributed by atoms with Gasteiger partial charge in [0.05, 0.1) is 17.9 Å². The van der Waals surface area contributed by atoms with Gasteiger partial charge in [-0.25, -0.2) is 9.97 Å². The van der Waals surface area contributed by atoms with E-state index in [1.54, 1.807) is 35.5 Å². The van der Waals surface area contributed by atoms with Crippen LogP contribution in [0.4, 0.5) is 5.69 Å². The highest BCUT2D eigenvalue weighted by molar-refractivity contribution is 6.31. The van der Waals surface area contributed by atoms with E-state index < -0.39 is 0 Å². The molecule has 37 heavy (non-hydrogen) atoms. The van der Waals surface area contributed by atoms with Crippen LogP contribution in [0.15, 0.2) is 54.9 Å². The molecule has 192 valence electrons. The molecule has 2 amide bonds. The van der Waals surface area contributed by atoms with Crippen LogP contribution in [0.3, 0.4) is 0 Å². The van der Waals surface area contributed by atoms with Crippen molar-refractivity contribution in [3.8, 4) is 17.2 Å². The molecule has 1 aliphatic carbocycles. The summed E-state index contributed by atoms with van der Waals surface area (Å²) in [7, 11) is 0. The molecule has 0 atom stereocenters. The van der Waals surface area contributed by atoms with Gasteiger partial charge in [0.15, 0.2) is 17.2 Å². The van der Waals surface area contributed by atoms with Gasteiger partial charge < -0.3 is 19.7 Å². The maximum Gasteiger partial charge on any atom is 0.257 e. The van der Waals surface area contributed by atoms with Gasteiger partial charge in [-0.05, 0) is 56.0 Å². The van der Waals surface area contributed by atoms with E-state index in [-0.39, 0.29) is 18.4 Å². The van der Waals surface area contributed by atoms with Gasteiger partial charge in [-0.3, -0.25) is 9.59 Å². The summed E-state index contributed by atoms with van der Waals surface area (Å²) in [5.41, 5.74) is 0.785. The van der Waals surface area contributed by atoms with Gasteiger partial charge in [0.1, 0.15) is 12.4 Å². The summed E-state index contributed by atoms with van der Waals surface area (Å²) in [6, 6.07) is 12.4. The standard InChI is InChI=1S/C28H29ClN4O4/c29-21-11-12-23-22(15-21)32-26(34)18-33(28(35)20-16-30-27(31-17-20)19-9-10-19)13-5-1-2-6-14-36-24-7-3-4-8-25(24)37-23/h3-4,7-8,11-12,15-17,19H,1-2,5-6,9-10,13-14,18H2,(H,32,34). The first-order valence-electron chi connectivity index (χ1n) is 12.7. The Hall–Kier alpha value is -3.65. The second-order valence-electron chi connectivity index (χ2n) is 9.33. The number of amides is 2. The molecule has 0 radical (unpaired) electrons. The van der Waals surface area contributed by atoms with Crippen molar-refractivity contribution in [1.82, 2.24) is 14.9 Å². The Bertz CT molecular complexity index is 1260. The second kappa shape index (κ2) is 11.6. The number of fused-ring (bicyclic) bond motifs is 2. The van der Waals surface area contributed by atoms with Gasteiger partial charge in [-0.15, -0.1) is 0 Å². The number of hydrogen-bond acceptors (Lipinski definition) is 6. The van der Waals surface area contributed by atoms with E-state index in [0.717, 1.165) is 44.3 Å². The van der Waals surface area contributed by atoms with Gasteiger partial charge in [0.2, 0.25) is 5.91 Å². The molecule has 1 aromatic heterocycles. The van der Waals surface area contributed by atoms with E-state index in [1.165, 1.54) is 0 Å². The third kappa shape index (κ3) is 6.57. The lowest BCUT2D eigenvalue weighted by Crippen LogP contribution is -2.39. The second-order valence-corrected chi connectivity index (χ2v) is 9.77. The van der Waals surface area contributed by atoms with E-state index in [9.17, 15) is 9.59 Å². The van der Waals surface area contributed by atoms with Gasteiger partial charge >= 0.3 is 0 Å². The number of nitrogens with zero attached hydrogens (tertiary/aromatic N) is 3. The van der Waals surface area contributed by atoms with Gasteiger partial charge in [-0.2, -0.15) is 0 Å². The molecule has 2 aromatic carbocycles. The summed E-state index contributed by atoms with van der Waals surface area (Å²) in [6.07, 6.45) is 8.79. The zero-order valence-corrected chi connectivity index (χ0v) is 21.2. The molecule has 0 saturated heterocycles. The SMILES string of the molecule is O=C1CN(C(=O)c2cnc(C3CC3)nc2)CCCCCCOc2ccccc2Oc2ccc(Cl)cc2N1. The van der Waals surface area contributed by atoms with E-state index in [4.69, 9.17) is 21.1 Å². The molecule has 1 N–H and O–H groups in total. The monoisotopic (exact) mass is 520 g/mol. The maximum absolute atomic E-state index is 13.3. The lowest BCUT2D eigenvalue weighted by molar-refractivity contribution is -0.116. The summed E-state index contributed by atoms with van der Waals surface area (Å²) in [5, 5.41) is 3.31. The quantitative estimate of drug-likeness (QED) is 0.456. The smallest absolute Gasteiger partial charge is 0.257 e. The van der Waals surface area contributed by atoms with Crippen LogP contribution in [0.5, 0.6) is 17.2 Å². The number of ether oxygens (including phenoxy) is 2. The third-order valence-corrected chi connectivity index (χ3v) is 6.58. The molecule has 0 spiro atoms. The largest absolute Gasteiger partial charge is 0.490 e. The molecular formula is C28H29ClN4O4. The topological polar surface area (TPSA) is 93.7 Å². The minimum atomic E-state index is -0.354. The summed E-state index contributed by atoms with van der Waals surface area (Å²) < 4.78 is 12.1. The van der Waals surface area contributed by atoms with Crippen LogP contribution in [0.2, 0.25) is 5.02 Å². The van der Waals surface area contributed by atoms with Crippen molar-refractivity contribution >= 4 is 29.1 Å². The highest BCUT2D eigenvalue weighted by atomic mass is 35.5. The number of nitrogens with one attached hydrogen (secondary N) is 1. The molecular weight excluding hydrogens is 492 g/mol. The minimum Gasteiger partial charge on any atom is -0.490 e. The molecule has 2 heterocycles. The van der Waals surface area contributed by atoms with Gasteiger partial charge in [0.25, 0.3) is 5.91 Å². The van der Waals surface area contributed by atoms with Crippen molar-refractivity contribution < 1.29 is 19.1 Å². The first kappa shape index (κ1) is 25.0. The molecule has 3 aromatic rings. The first-order chi connectivity index (χ1) is 18.1. The van der Waals surface area contributed by atoms with Crippen LogP contribution < -0.4 is 14.8 Å². The van der Waals surface area contributed by atoms with Crippen molar-refractivity contribution in [2.75, 3.05) is 25.0 Å². The highest BCUT2D eigenvalue weighted by Crippen LogP contribution is 2.38. The predicted octanol–water partition coefficient (Wildman–Crippen LogP) is 5.83. The average molecular weight is 521 g/mol. The fourth-order valence-electron chi connectivity index (χ4n) is 4.20. The van der Waals surface area contributed by atoms with Crippen molar-refractivity contribution in [3.63, 3.8) is 0 Å². The fraction of sp³-hybridized carbons (Fsp3) is 0.357. The highest BCUT2D eigenvalue weighted by Gasteiger charge is 2.27. The number of rotatable bonds is 2. The summed E-state index contributed by atoms with van der Waals surface area (Å²) in [6.45, 7) is 0.881. The van der Waals surface area contributed by atoms with Crippen LogP contribution >= 0.6 is 11.6 Å². The van der Waals surface area contributed by atoms with Crippen LogP contribution in [-0.2, 0) is 4.79 Å². The molecule has 1 fully saturated rings. The van der Waals surface area contributed by atoms with Crippen LogP contribution in [0.1, 0.15) is 60.6 Å². The zero-order chi connectivity index (χ0) is 25.6. The van der Waals surface area contributed by atoms with E-state index in [2.05, 4.69) is 15.3 Å². The number of benzene rings is 2. The Morgan fingerprint density at radius 1 is 0.973 bits per heavy atom. The molecule has 8 nitrogen and oxygen atoms in total.